The van der Waals surface area contributed by atoms with E-state index >= 15 is 0 Å². The Labute approximate surface area is 180 Å². The molecule has 0 saturated heterocycles. The van der Waals surface area contributed by atoms with Gasteiger partial charge in [0.15, 0.2) is 11.6 Å². The zero-order chi connectivity index (χ0) is 20.6. The van der Waals surface area contributed by atoms with Crippen molar-refractivity contribution in [3.63, 3.8) is 0 Å². The minimum Gasteiger partial charge on any atom is -0.461 e. The third-order valence-electron chi connectivity index (χ3n) is 5.53. The van der Waals surface area contributed by atoms with E-state index in [0.29, 0.717) is 5.56 Å². The molecule has 2 atom stereocenters. The van der Waals surface area contributed by atoms with Gasteiger partial charge >= 0.3 is 5.97 Å². The van der Waals surface area contributed by atoms with Crippen LogP contribution in [0.2, 0.25) is 0 Å². The second kappa shape index (κ2) is 8.07. The summed E-state index contributed by atoms with van der Waals surface area (Å²) in [7, 11) is 0. The SMILES string of the molecule is Cc1c(COC(=O)[C@@H]2[C@H](C=C(Br)Br)C2(C)C)cccc1-c1cccc(F)c1F. The highest BCUT2D eigenvalue weighted by Gasteiger charge is 2.61. The van der Waals surface area contributed by atoms with Gasteiger partial charge < -0.3 is 4.74 Å². The summed E-state index contributed by atoms with van der Waals surface area (Å²) in [6.07, 6.45) is 1.96. The maximum atomic E-state index is 14.2. The van der Waals surface area contributed by atoms with Crippen LogP contribution >= 0.6 is 31.9 Å². The lowest BCUT2D eigenvalue weighted by Crippen LogP contribution is -2.11. The first-order valence-electron chi connectivity index (χ1n) is 8.87. The van der Waals surface area contributed by atoms with Crippen LogP contribution in [0.5, 0.6) is 0 Å². The molecule has 2 nitrogen and oxygen atoms in total. The molecule has 1 fully saturated rings. The average Bonchev–Trinajstić information content (AvgIpc) is 3.16. The Bertz CT molecular complexity index is 950. The van der Waals surface area contributed by atoms with E-state index in [1.54, 1.807) is 18.2 Å². The molecule has 0 aliphatic heterocycles. The molecule has 2 aromatic carbocycles. The summed E-state index contributed by atoms with van der Waals surface area (Å²) in [5.74, 6) is -2.13. The van der Waals surface area contributed by atoms with Gasteiger partial charge in [0.1, 0.15) is 6.61 Å². The molecule has 0 bridgehead atoms. The quantitative estimate of drug-likeness (QED) is 0.407. The van der Waals surface area contributed by atoms with Crippen molar-refractivity contribution in [3.05, 3.63) is 68.6 Å². The number of ether oxygens (including phenoxy) is 1. The lowest BCUT2D eigenvalue weighted by Gasteiger charge is -2.13. The molecule has 1 aliphatic carbocycles. The zero-order valence-electron chi connectivity index (χ0n) is 15.7. The van der Waals surface area contributed by atoms with Crippen molar-refractivity contribution in [2.24, 2.45) is 17.3 Å². The van der Waals surface area contributed by atoms with E-state index in [1.165, 1.54) is 6.07 Å². The van der Waals surface area contributed by atoms with E-state index in [4.69, 9.17) is 4.74 Å². The van der Waals surface area contributed by atoms with E-state index in [9.17, 15) is 13.6 Å². The van der Waals surface area contributed by atoms with Crippen molar-refractivity contribution >= 4 is 37.8 Å². The van der Waals surface area contributed by atoms with E-state index in [0.717, 1.165) is 20.6 Å². The predicted molar refractivity (Wildman–Crippen MR) is 113 cm³/mol. The summed E-state index contributed by atoms with van der Waals surface area (Å²) in [6.45, 7) is 5.97. The first kappa shape index (κ1) is 21.2. The molecule has 3 rings (SSSR count). The second-order valence-corrected chi connectivity index (χ2v) is 10.4. The van der Waals surface area contributed by atoms with Crippen molar-refractivity contribution in [3.8, 4) is 11.1 Å². The Balaban J connectivity index is 1.77. The number of allylic oxidation sites excluding steroid dienone is 1. The Morgan fingerprint density at radius 2 is 1.79 bits per heavy atom. The van der Waals surface area contributed by atoms with Crippen LogP contribution in [0.4, 0.5) is 8.78 Å². The van der Waals surface area contributed by atoms with Crippen molar-refractivity contribution in [2.75, 3.05) is 0 Å². The zero-order valence-corrected chi connectivity index (χ0v) is 18.9. The van der Waals surface area contributed by atoms with Gasteiger partial charge in [-0.25, -0.2) is 8.78 Å². The van der Waals surface area contributed by atoms with Gasteiger partial charge in [0.05, 0.1) is 9.31 Å². The molecule has 28 heavy (non-hydrogen) atoms. The molecule has 0 N–H and O–H groups in total. The number of esters is 1. The fourth-order valence-corrected chi connectivity index (χ4v) is 4.23. The Kier molecular flexibility index (Phi) is 6.11. The van der Waals surface area contributed by atoms with Crippen molar-refractivity contribution in [1.82, 2.24) is 0 Å². The summed E-state index contributed by atoms with van der Waals surface area (Å²) in [5, 5.41) is 0. The number of hydrogen-bond donors (Lipinski definition) is 0. The number of carbonyl (C=O) groups excluding carboxylic acids is 1. The molecule has 6 heteroatoms. The van der Waals surface area contributed by atoms with Gasteiger partial charge in [-0.1, -0.05) is 50.3 Å². The smallest absolute Gasteiger partial charge is 0.310 e. The van der Waals surface area contributed by atoms with Crippen molar-refractivity contribution in [1.29, 1.82) is 0 Å². The number of halogens is 4. The summed E-state index contributed by atoms with van der Waals surface area (Å²) in [4.78, 5) is 12.6. The average molecular weight is 514 g/mol. The van der Waals surface area contributed by atoms with E-state index in [-0.39, 0.29) is 35.4 Å². The second-order valence-electron chi connectivity index (χ2n) is 7.58. The first-order valence-corrected chi connectivity index (χ1v) is 10.5. The van der Waals surface area contributed by atoms with Gasteiger partial charge in [0.25, 0.3) is 0 Å². The van der Waals surface area contributed by atoms with E-state index in [2.05, 4.69) is 31.9 Å². The maximum absolute atomic E-state index is 14.2. The standard InChI is InChI=1S/C22H20Br2F2O2/c1-12-13(6-4-7-14(12)15-8-5-9-17(25)20(15)26)11-28-21(27)19-16(10-18(23)24)22(19,2)3/h4-10,16,19H,11H2,1-3H3/t16-,19-/m0/s1. The van der Waals surface area contributed by atoms with Crippen molar-refractivity contribution in [2.45, 2.75) is 27.4 Å². The molecule has 0 aromatic heterocycles. The van der Waals surface area contributed by atoms with Crippen LogP contribution in [0.15, 0.2) is 45.9 Å². The lowest BCUT2D eigenvalue weighted by molar-refractivity contribution is -0.147. The normalized spacial score (nSPS) is 19.8. The highest BCUT2D eigenvalue weighted by Crippen LogP contribution is 2.60. The van der Waals surface area contributed by atoms with Crippen LogP contribution in [-0.4, -0.2) is 5.97 Å². The van der Waals surface area contributed by atoms with Gasteiger partial charge in [-0.2, -0.15) is 0 Å². The molecule has 0 amide bonds. The lowest BCUT2D eigenvalue weighted by atomic mass is 9.96. The molecule has 1 saturated carbocycles. The number of hydrogen-bond acceptors (Lipinski definition) is 2. The first-order chi connectivity index (χ1) is 13.1. The summed E-state index contributed by atoms with van der Waals surface area (Å²) < 4.78 is 34.1. The number of rotatable bonds is 5. The van der Waals surface area contributed by atoms with Crippen LogP contribution in [-0.2, 0) is 16.1 Å². The third kappa shape index (κ3) is 4.08. The summed E-state index contributed by atoms with van der Waals surface area (Å²) >= 11 is 6.68. The summed E-state index contributed by atoms with van der Waals surface area (Å²) in [6, 6.07) is 9.42. The van der Waals surface area contributed by atoms with Crippen LogP contribution in [0, 0.1) is 35.8 Å². The Hall–Kier alpha value is -1.53. The highest BCUT2D eigenvalue weighted by atomic mass is 79.9. The number of carbonyl (C=O) groups is 1. The van der Waals surface area contributed by atoms with Gasteiger partial charge in [0.2, 0.25) is 0 Å². The molecule has 1 aliphatic rings. The fourth-order valence-electron chi connectivity index (χ4n) is 3.66. The molecule has 0 radical (unpaired) electrons. The van der Waals surface area contributed by atoms with Crippen LogP contribution < -0.4 is 0 Å². The van der Waals surface area contributed by atoms with Gasteiger partial charge in [-0.3, -0.25) is 4.79 Å². The van der Waals surface area contributed by atoms with E-state index < -0.39 is 11.6 Å². The summed E-state index contributed by atoms with van der Waals surface area (Å²) in [5.41, 5.74) is 2.14. The monoisotopic (exact) mass is 512 g/mol. The third-order valence-corrected chi connectivity index (χ3v) is 6.06. The van der Waals surface area contributed by atoms with Crippen LogP contribution in [0.1, 0.15) is 25.0 Å². The largest absolute Gasteiger partial charge is 0.461 e. The predicted octanol–water partition coefficient (Wildman–Crippen LogP) is 6.89. The Morgan fingerprint density at radius 1 is 1.14 bits per heavy atom. The van der Waals surface area contributed by atoms with E-state index in [1.807, 2.05) is 32.9 Å². The van der Waals surface area contributed by atoms with Crippen LogP contribution in [0.25, 0.3) is 11.1 Å². The maximum Gasteiger partial charge on any atom is 0.310 e. The molecule has 0 heterocycles. The molecular weight excluding hydrogens is 494 g/mol. The molecule has 0 unspecified atom stereocenters. The van der Waals surface area contributed by atoms with Gasteiger partial charge in [-0.05, 0) is 72.9 Å². The molecule has 2 aromatic rings. The highest BCUT2D eigenvalue weighted by molar-refractivity contribution is 9.28. The van der Waals surface area contributed by atoms with Gasteiger partial charge in [0, 0.05) is 5.56 Å². The number of benzene rings is 2. The molecule has 0 spiro atoms. The minimum atomic E-state index is -0.887. The van der Waals surface area contributed by atoms with Crippen molar-refractivity contribution < 1.29 is 18.3 Å². The Morgan fingerprint density at radius 3 is 2.46 bits per heavy atom. The molecular formula is C22H20Br2F2O2. The molecule has 148 valence electrons. The topological polar surface area (TPSA) is 26.3 Å². The fraction of sp³-hybridized carbons (Fsp3) is 0.318. The van der Waals surface area contributed by atoms with Crippen LogP contribution in [0.3, 0.4) is 0 Å². The van der Waals surface area contributed by atoms with Gasteiger partial charge in [-0.15, -0.1) is 0 Å². The minimum absolute atomic E-state index is 0.0912.